The van der Waals surface area contributed by atoms with E-state index in [2.05, 4.69) is 13.8 Å². The Bertz CT molecular complexity index is 125. The Balaban J connectivity index is 2.40. The van der Waals surface area contributed by atoms with Crippen molar-refractivity contribution in [3.05, 3.63) is 0 Å². The van der Waals surface area contributed by atoms with Crippen LogP contribution >= 0.6 is 0 Å². The van der Waals surface area contributed by atoms with Crippen molar-refractivity contribution >= 4 is 0 Å². The molecule has 0 amide bonds. The van der Waals surface area contributed by atoms with Gasteiger partial charge in [0.25, 0.3) is 0 Å². The maximum Gasteiger partial charge on any atom is 0.126 e. The van der Waals surface area contributed by atoms with E-state index >= 15 is 0 Å². The lowest BCUT2D eigenvalue weighted by Gasteiger charge is -2.30. The van der Waals surface area contributed by atoms with E-state index in [0.717, 1.165) is 6.42 Å². The molecule has 1 aliphatic carbocycles. The van der Waals surface area contributed by atoms with Crippen molar-refractivity contribution in [3.63, 3.8) is 0 Å². The van der Waals surface area contributed by atoms with Gasteiger partial charge in [0.15, 0.2) is 0 Å². The van der Waals surface area contributed by atoms with Crippen molar-refractivity contribution in [2.24, 2.45) is 11.8 Å². The van der Waals surface area contributed by atoms with E-state index in [1.165, 1.54) is 0 Å². The van der Waals surface area contributed by atoms with Crippen LogP contribution in [0.1, 0.15) is 33.1 Å². The first-order valence-electron chi connectivity index (χ1n) is 4.43. The predicted molar refractivity (Wildman–Crippen MR) is 43.1 cm³/mol. The second-order valence-electron chi connectivity index (χ2n) is 3.90. The van der Waals surface area contributed by atoms with Gasteiger partial charge in [-0.25, -0.2) is 4.39 Å². The number of halogens is 1. The van der Waals surface area contributed by atoms with E-state index in [0.29, 0.717) is 24.7 Å². The Morgan fingerprint density at radius 1 is 1.36 bits per heavy atom. The quantitative estimate of drug-likeness (QED) is 0.623. The first-order valence-corrected chi connectivity index (χ1v) is 4.43. The molecule has 1 N–H and O–H groups in total. The summed E-state index contributed by atoms with van der Waals surface area (Å²) in [6.07, 6.45) is 0.517. The highest BCUT2D eigenvalue weighted by atomic mass is 19.1. The van der Waals surface area contributed by atoms with Crippen LogP contribution in [-0.2, 0) is 0 Å². The topological polar surface area (TPSA) is 20.2 Å². The van der Waals surface area contributed by atoms with Crippen molar-refractivity contribution in [3.8, 4) is 0 Å². The SMILES string of the molecule is CC(C)C1CC[C@@H](O)[C@H](F)C1. The normalized spacial score (nSPS) is 39.5. The molecule has 1 fully saturated rings. The lowest BCUT2D eigenvalue weighted by molar-refractivity contribution is 0.0156. The molecule has 0 radical (unpaired) electrons. The van der Waals surface area contributed by atoms with Gasteiger partial charge in [-0.15, -0.1) is 0 Å². The van der Waals surface area contributed by atoms with Crippen LogP contribution in [0, 0.1) is 11.8 Å². The maximum absolute atomic E-state index is 12.9. The van der Waals surface area contributed by atoms with Gasteiger partial charge in [0.2, 0.25) is 0 Å². The molecule has 0 heterocycles. The third-order valence-electron chi connectivity index (χ3n) is 2.72. The average Bonchev–Trinajstić information content (AvgIpc) is 1.94. The molecule has 0 saturated heterocycles. The van der Waals surface area contributed by atoms with E-state index < -0.39 is 12.3 Å². The van der Waals surface area contributed by atoms with Crippen molar-refractivity contribution in [2.45, 2.75) is 45.4 Å². The van der Waals surface area contributed by atoms with E-state index in [1.807, 2.05) is 0 Å². The molecule has 0 aliphatic heterocycles. The van der Waals surface area contributed by atoms with E-state index in [4.69, 9.17) is 5.11 Å². The van der Waals surface area contributed by atoms with Gasteiger partial charge >= 0.3 is 0 Å². The van der Waals surface area contributed by atoms with E-state index in [9.17, 15) is 4.39 Å². The number of hydrogen-bond acceptors (Lipinski definition) is 1. The van der Waals surface area contributed by atoms with Gasteiger partial charge in [-0.1, -0.05) is 13.8 Å². The minimum atomic E-state index is -0.976. The number of hydrogen-bond donors (Lipinski definition) is 1. The molecule has 0 bridgehead atoms. The zero-order valence-electron chi connectivity index (χ0n) is 7.26. The van der Waals surface area contributed by atoms with Gasteiger partial charge in [0.05, 0.1) is 6.10 Å². The standard InChI is InChI=1S/C9H17FO/c1-6(2)7-3-4-9(11)8(10)5-7/h6-9,11H,3-5H2,1-2H3/t7?,8-,9-/m1/s1. The summed E-state index contributed by atoms with van der Waals surface area (Å²) in [7, 11) is 0. The smallest absolute Gasteiger partial charge is 0.126 e. The van der Waals surface area contributed by atoms with Gasteiger partial charge in [-0.2, -0.15) is 0 Å². The predicted octanol–water partition coefficient (Wildman–Crippen LogP) is 2.14. The van der Waals surface area contributed by atoms with Crippen LogP contribution in [0.2, 0.25) is 0 Å². The summed E-state index contributed by atoms with van der Waals surface area (Å²) in [6.45, 7) is 4.24. The average molecular weight is 160 g/mol. The summed E-state index contributed by atoms with van der Waals surface area (Å²) < 4.78 is 12.9. The lowest BCUT2D eigenvalue weighted by Crippen LogP contribution is -2.32. The third kappa shape index (κ3) is 2.16. The van der Waals surface area contributed by atoms with Crippen LogP contribution < -0.4 is 0 Å². The summed E-state index contributed by atoms with van der Waals surface area (Å²) >= 11 is 0. The molecule has 2 heteroatoms. The zero-order chi connectivity index (χ0) is 8.43. The van der Waals surface area contributed by atoms with Crippen molar-refractivity contribution < 1.29 is 9.50 Å². The highest BCUT2D eigenvalue weighted by Gasteiger charge is 2.30. The highest BCUT2D eigenvalue weighted by molar-refractivity contribution is 4.80. The fourth-order valence-corrected chi connectivity index (χ4v) is 1.74. The second-order valence-corrected chi connectivity index (χ2v) is 3.90. The molecule has 1 nitrogen and oxygen atoms in total. The molecule has 0 aromatic rings. The zero-order valence-corrected chi connectivity index (χ0v) is 7.26. The van der Waals surface area contributed by atoms with Crippen molar-refractivity contribution in [1.29, 1.82) is 0 Å². The summed E-state index contributed by atoms with van der Waals surface area (Å²) in [6, 6.07) is 0. The minimum Gasteiger partial charge on any atom is -0.390 e. The van der Waals surface area contributed by atoms with Crippen LogP contribution in [0.5, 0.6) is 0 Å². The molecule has 0 spiro atoms. The van der Waals surface area contributed by atoms with Crippen LogP contribution in [0.25, 0.3) is 0 Å². The van der Waals surface area contributed by atoms with Crippen molar-refractivity contribution in [1.82, 2.24) is 0 Å². The fraction of sp³-hybridized carbons (Fsp3) is 1.00. The summed E-state index contributed by atoms with van der Waals surface area (Å²) in [5.74, 6) is 1.04. The molecule has 1 unspecified atom stereocenters. The Morgan fingerprint density at radius 2 is 2.00 bits per heavy atom. The van der Waals surface area contributed by atoms with Gasteiger partial charge in [-0.3, -0.25) is 0 Å². The van der Waals surface area contributed by atoms with Gasteiger partial charge in [0, 0.05) is 0 Å². The first-order chi connectivity index (χ1) is 5.11. The van der Waals surface area contributed by atoms with Crippen LogP contribution in [0.3, 0.4) is 0 Å². The Labute approximate surface area is 67.6 Å². The number of aliphatic hydroxyl groups is 1. The largest absolute Gasteiger partial charge is 0.390 e. The van der Waals surface area contributed by atoms with Crippen LogP contribution in [-0.4, -0.2) is 17.4 Å². The highest BCUT2D eigenvalue weighted by Crippen LogP contribution is 2.31. The van der Waals surface area contributed by atoms with Gasteiger partial charge < -0.3 is 5.11 Å². The lowest BCUT2D eigenvalue weighted by atomic mass is 9.80. The first kappa shape index (κ1) is 8.98. The molecule has 0 aromatic carbocycles. The molecule has 66 valence electrons. The number of rotatable bonds is 1. The molecule has 0 aromatic heterocycles. The monoisotopic (exact) mass is 160 g/mol. The van der Waals surface area contributed by atoms with Crippen LogP contribution in [0.15, 0.2) is 0 Å². The van der Waals surface area contributed by atoms with E-state index in [1.54, 1.807) is 0 Å². The number of aliphatic hydroxyl groups excluding tert-OH is 1. The second kappa shape index (κ2) is 3.53. The minimum absolute atomic E-state index is 0.480. The Hall–Kier alpha value is -0.110. The van der Waals surface area contributed by atoms with Crippen LogP contribution in [0.4, 0.5) is 4.39 Å². The molecule has 1 saturated carbocycles. The maximum atomic E-state index is 12.9. The third-order valence-corrected chi connectivity index (χ3v) is 2.72. The molecule has 11 heavy (non-hydrogen) atoms. The van der Waals surface area contributed by atoms with Gasteiger partial charge in [-0.05, 0) is 31.1 Å². The molecular weight excluding hydrogens is 143 g/mol. The molecule has 3 atom stereocenters. The Kier molecular flexibility index (Phi) is 2.88. The van der Waals surface area contributed by atoms with Gasteiger partial charge in [0.1, 0.15) is 6.17 Å². The Morgan fingerprint density at radius 3 is 2.45 bits per heavy atom. The molecular formula is C9H17FO. The van der Waals surface area contributed by atoms with Crippen molar-refractivity contribution in [2.75, 3.05) is 0 Å². The summed E-state index contributed by atoms with van der Waals surface area (Å²) in [5.41, 5.74) is 0. The molecule has 1 aliphatic rings. The summed E-state index contributed by atoms with van der Waals surface area (Å²) in [4.78, 5) is 0. The van der Waals surface area contributed by atoms with E-state index in [-0.39, 0.29) is 0 Å². The molecule has 1 rings (SSSR count). The summed E-state index contributed by atoms with van der Waals surface area (Å²) in [5, 5.41) is 9.10. The number of alkyl halides is 1. The fourth-order valence-electron chi connectivity index (χ4n) is 1.74.